The summed E-state index contributed by atoms with van der Waals surface area (Å²) in [5.41, 5.74) is -2.74. The molecule has 0 aromatic heterocycles. The molecule has 0 rings (SSSR count). The van der Waals surface area contributed by atoms with Crippen molar-refractivity contribution in [2.24, 2.45) is 0 Å². The van der Waals surface area contributed by atoms with Gasteiger partial charge in [-0.05, 0) is 0 Å². The third-order valence-corrected chi connectivity index (χ3v) is 1.29. The van der Waals surface area contributed by atoms with Gasteiger partial charge in [0.2, 0.25) is 0 Å². The number of carbonyl (C=O) groups is 3. The number of rotatable bonds is 5. The van der Waals surface area contributed by atoms with E-state index < -0.39 is 36.4 Å². The summed E-state index contributed by atoms with van der Waals surface area (Å²) >= 11 is 0. The van der Waals surface area contributed by atoms with Crippen molar-refractivity contribution in [1.29, 1.82) is 0 Å². The van der Waals surface area contributed by atoms with Crippen LogP contribution in [0.2, 0.25) is 0 Å². The molecule has 0 unspecified atom stereocenters. The van der Waals surface area contributed by atoms with E-state index in [-0.39, 0.29) is 44.4 Å². The molecular formula is C6H10O8Zn2. The first-order valence-electron chi connectivity index (χ1n) is 3.17. The van der Waals surface area contributed by atoms with Gasteiger partial charge in [-0.1, -0.05) is 0 Å². The zero-order chi connectivity index (χ0) is 10.6. The van der Waals surface area contributed by atoms with E-state index in [0.717, 1.165) is 0 Å². The van der Waals surface area contributed by atoms with Gasteiger partial charge < -0.3 is 25.9 Å². The van der Waals surface area contributed by atoms with Crippen molar-refractivity contribution in [2.45, 2.75) is 18.4 Å². The molecule has 0 aliphatic rings. The van der Waals surface area contributed by atoms with Gasteiger partial charge in [0, 0.05) is 39.0 Å². The molecule has 8 nitrogen and oxygen atoms in total. The first-order valence-corrected chi connectivity index (χ1v) is 3.17. The summed E-state index contributed by atoms with van der Waals surface area (Å²) in [6.45, 7) is 0. The van der Waals surface area contributed by atoms with E-state index in [1.807, 2.05) is 0 Å². The molecule has 0 bridgehead atoms. The Labute approximate surface area is 115 Å². The maximum atomic E-state index is 10.3. The topological polar surface area (TPSA) is 164 Å². The number of hydrogen-bond acceptors (Lipinski definition) is 4. The summed E-state index contributed by atoms with van der Waals surface area (Å²) in [5, 5.41) is 33.8. The van der Waals surface area contributed by atoms with Gasteiger partial charge in [0.25, 0.3) is 0 Å². The van der Waals surface area contributed by atoms with Gasteiger partial charge in [0.05, 0.1) is 12.8 Å². The second-order valence-corrected chi connectivity index (χ2v) is 2.48. The molecule has 10 heteroatoms. The van der Waals surface area contributed by atoms with Gasteiger partial charge in [0.1, 0.15) is 0 Å². The third kappa shape index (κ3) is 8.85. The zero-order valence-corrected chi connectivity index (χ0v) is 14.3. The molecule has 0 saturated heterocycles. The van der Waals surface area contributed by atoms with Gasteiger partial charge in [-0.3, -0.25) is 9.59 Å². The van der Waals surface area contributed by atoms with Gasteiger partial charge >= 0.3 is 17.9 Å². The summed E-state index contributed by atoms with van der Waals surface area (Å²) in [6.07, 6.45) is -2.29. The Morgan fingerprint density at radius 1 is 0.875 bits per heavy atom. The van der Waals surface area contributed by atoms with E-state index in [0.29, 0.717) is 0 Å². The van der Waals surface area contributed by atoms with Crippen LogP contribution in [0.3, 0.4) is 0 Å². The molecule has 0 amide bonds. The fraction of sp³-hybridized carbons (Fsp3) is 0.500. The van der Waals surface area contributed by atoms with Crippen molar-refractivity contribution in [2.75, 3.05) is 0 Å². The summed E-state index contributed by atoms with van der Waals surface area (Å²) < 4.78 is 0. The van der Waals surface area contributed by atoms with Crippen LogP contribution in [0, 0.1) is 0 Å². The monoisotopic (exact) mass is 338 g/mol. The minimum Gasteiger partial charge on any atom is -0.481 e. The normalized spacial score (nSPS) is 8.81. The molecule has 0 spiro atoms. The zero-order valence-electron chi connectivity index (χ0n) is 8.34. The van der Waals surface area contributed by atoms with Crippen LogP contribution in [0.15, 0.2) is 0 Å². The van der Waals surface area contributed by atoms with Crippen molar-refractivity contribution in [3.05, 3.63) is 0 Å². The average Bonchev–Trinajstić information content (AvgIpc) is 1.82. The summed E-state index contributed by atoms with van der Waals surface area (Å²) in [7, 11) is 0. The SMILES string of the molecule is O.O=C(O)CC(O)(CC(=O)O)C(=O)O.[Zn].[Zn]. The largest absolute Gasteiger partial charge is 0.481 e. The predicted molar refractivity (Wildman–Crippen MR) is 40.7 cm³/mol. The summed E-state index contributed by atoms with van der Waals surface area (Å²) in [4.78, 5) is 30.5. The molecule has 16 heavy (non-hydrogen) atoms. The van der Waals surface area contributed by atoms with E-state index in [1.165, 1.54) is 0 Å². The molecule has 0 heterocycles. The fourth-order valence-corrected chi connectivity index (χ4v) is 0.714. The van der Waals surface area contributed by atoms with Crippen molar-refractivity contribution >= 4 is 17.9 Å². The van der Waals surface area contributed by atoms with E-state index in [9.17, 15) is 14.4 Å². The van der Waals surface area contributed by atoms with E-state index in [2.05, 4.69) is 0 Å². The Hall–Kier alpha value is -0.423. The van der Waals surface area contributed by atoms with Gasteiger partial charge in [-0.25, -0.2) is 4.79 Å². The number of aliphatic hydroxyl groups is 1. The van der Waals surface area contributed by atoms with E-state index >= 15 is 0 Å². The molecule has 0 aliphatic carbocycles. The molecule has 0 aliphatic heterocycles. The maximum Gasteiger partial charge on any atom is 0.336 e. The van der Waals surface area contributed by atoms with Crippen LogP contribution in [0.5, 0.6) is 0 Å². The van der Waals surface area contributed by atoms with Crippen LogP contribution in [0.1, 0.15) is 12.8 Å². The van der Waals surface area contributed by atoms with Crippen molar-refractivity contribution in [3.63, 3.8) is 0 Å². The maximum absolute atomic E-state index is 10.3. The molecule has 6 N–H and O–H groups in total. The van der Waals surface area contributed by atoms with E-state index in [4.69, 9.17) is 20.4 Å². The summed E-state index contributed by atoms with van der Waals surface area (Å²) in [5.74, 6) is -5.02. The number of carboxylic acids is 3. The Bertz CT molecular complexity index is 237. The van der Waals surface area contributed by atoms with Crippen LogP contribution < -0.4 is 0 Å². The second-order valence-electron chi connectivity index (χ2n) is 2.48. The van der Waals surface area contributed by atoms with E-state index in [1.54, 1.807) is 0 Å². The number of hydrogen-bond donors (Lipinski definition) is 4. The van der Waals surface area contributed by atoms with Gasteiger partial charge in [-0.15, -0.1) is 0 Å². The molecule has 0 saturated carbocycles. The van der Waals surface area contributed by atoms with Crippen LogP contribution in [0.4, 0.5) is 0 Å². The van der Waals surface area contributed by atoms with Crippen molar-refractivity contribution < 1.29 is 79.2 Å². The average molecular weight is 341 g/mol. The Morgan fingerprint density at radius 3 is 1.25 bits per heavy atom. The molecular weight excluding hydrogens is 331 g/mol. The molecule has 0 atom stereocenters. The first-order chi connectivity index (χ1) is 5.78. The second kappa shape index (κ2) is 9.78. The number of carboxylic acid groups (broad SMARTS) is 3. The molecule has 0 fully saturated rings. The fourth-order valence-electron chi connectivity index (χ4n) is 0.714. The Balaban J connectivity index is -0.000000240. The minimum absolute atomic E-state index is 0. The smallest absolute Gasteiger partial charge is 0.336 e. The van der Waals surface area contributed by atoms with Crippen LogP contribution in [0.25, 0.3) is 0 Å². The van der Waals surface area contributed by atoms with Crippen LogP contribution in [-0.4, -0.2) is 49.4 Å². The minimum atomic E-state index is -2.74. The standard InChI is InChI=1S/C6H8O7.H2O.2Zn/c7-3(8)1-6(13,5(11)12)2-4(9)10;;;/h13H,1-2H2,(H,7,8)(H,9,10)(H,11,12);1H2;;. The van der Waals surface area contributed by atoms with Gasteiger partial charge in [0.15, 0.2) is 5.60 Å². The Kier molecular flexibility index (Phi) is 15.1. The quantitative estimate of drug-likeness (QED) is 0.417. The Morgan fingerprint density at radius 2 is 1.12 bits per heavy atom. The summed E-state index contributed by atoms with van der Waals surface area (Å²) in [6, 6.07) is 0. The number of aliphatic carboxylic acids is 3. The van der Waals surface area contributed by atoms with Crippen molar-refractivity contribution in [3.8, 4) is 0 Å². The van der Waals surface area contributed by atoms with Gasteiger partial charge in [-0.2, -0.15) is 0 Å². The third-order valence-electron chi connectivity index (χ3n) is 1.29. The predicted octanol–water partition coefficient (Wildman–Crippen LogP) is -2.08. The first kappa shape index (κ1) is 24.7. The van der Waals surface area contributed by atoms with Crippen LogP contribution in [-0.2, 0) is 53.3 Å². The molecule has 0 aromatic carbocycles. The molecule has 0 radical (unpaired) electrons. The van der Waals surface area contributed by atoms with Crippen LogP contribution >= 0.6 is 0 Å². The molecule has 86 valence electrons. The van der Waals surface area contributed by atoms with Crippen molar-refractivity contribution in [1.82, 2.24) is 0 Å². The molecule has 0 aromatic rings.